The number of hydrogen-bond acceptors (Lipinski definition) is 1. The van der Waals surface area contributed by atoms with E-state index in [0.29, 0.717) is 11.3 Å². The highest BCUT2D eigenvalue weighted by atomic mass is 16.3. The summed E-state index contributed by atoms with van der Waals surface area (Å²) in [6, 6.07) is 0. The predicted molar refractivity (Wildman–Crippen MR) is 89.0 cm³/mol. The molecule has 0 aliphatic heterocycles. The molecule has 118 valence electrons. The number of aliphatic hydroxyl groups excluding tert-OH is 1. The molecule has 1 nitrogen and oxygen atoms in total. The number of rotatable bonds is 1. The quantitative estimate of drug-likeness (QED) is 0.665. The van der Waals surface area contributed by atoms with Gasteiger partial charge in [-0.05, 0) is 61.2 Å². The molecule has 2 saturated carbocycles. The van der Waals surface area contributed by atoms with Crippen molar-refractivity contribution in [3.63, 3.8) is 0 Å². The second-order valence-corrected chi connectivity index (χ2v) is 8.99. The van der Waals surface area contributed by atoms with Gasteiger partial charge in [-0.15, -0.1) is 6.58 Å². The van der Waals surface area contributed by atoms with Crippen molar-refractivity contribution in [3.05, 3.63) is 24.3 Å². The lowest BCUT2D eigenvalue weighted by Crippen LogP contribution is -2.55. The second kappa shape index (κ2) is 4.72. The molecule has 1 heteroatoms. The van der Waals surface area contributed by atoms with Gasteiger partial charge in [0.15, 0.2) is 0 Å². The van der Waals surface area contributed by atoms with Crippen molar-refractivity contribution in [1.29, 1.82) is 0 Å². The molecule has 0 heterocycles. The van der Waals surface area contributed by atoms with E-state index in [2.05, 4.69) is 46.4 Å². The summed E-state index contributed by atoms with van der Waals surface area (Å²) >= 11 is 0. The summed E-state index contributed by atoms with van der Waals surface area (Å²) in [6.45, 7) is 13.5. The van der Waals surface area contributed by atoms with Crippen LogP contribution in [-0.2, 0) is 0 Å². The van der Waals surface area contributed by atoms with E-state index in [1.807, 2.05) is 0 Å². The summed E-state index contributed by atoms with van der Waals surface area (Å²) in [6.07, 6.45) is 11.7. The lowest BCUT2D eigenvalue weighted by molar-refractivity contribution is -0.127. The molecule has 0 amide bonds. The first-order valence-electron chi connectivity index (χ1n) is 8.76. The standard InChI is InChI=1S/C20H32O/c1-6-19(4)11-9-15-14(13-19)7-8-16-18(2,3)17(21)10-12-20(15,16)5/h6,13,15-17,21H,1,7-12H2,2-5H3/t15-,16-,17-,19+,20+/m1/s1. The average molecular weight is 288 g/mol. The van der Waals surface area contributed by atoms with Crippen LogP contribution in [0.4, 0.5) is 0 Å². The van der Waals surface area contributed by atoms with Gasteiger partial charge in [0.1, 0.15) is 0 Å². The van der Waals surface area contributed by atoms with E-state index in [1.165, 1.54) is 32.1 Å². The molecule has 3 rings (SSSR count). The van der Waals surface area contributed by atoms with Crippen LogP contribution in [0.3, 0.4) is 0 Å². The van der Waals surface area contributed by atoms with Crippen molar-refractivity contribution in [3.8, 4) is 0 Å². The Morgan fingerprint density at radius 2 is 1.86 bits per heavy atom. The van der Waals surface area contributed by atoms with Gasteiger partial charge < -0.3 is 5.11 Å². The Bertz CT molecular complexity index is 474. The maximum absolute atomic E-state index is 10.5. The minimum Gasteiger partial charge on any atom is -0.393 e. The summed E-state index contributed by atoms with van der Waals surface area (Å²) in [5.74, 6) is 1.39. The van der Waals surface area contributed by atoms with Crippen LogP contribution in [0, 0.1) is 28.1 Å². The molecule has 2 fully saturated rings. The highest BCUT2D eigenvalue weighted by Gasteiger charge is 2.56. The van der Waals surface area contributed by atoms with Crippen LogP contribution in [0.2, 0.25) is 0 Å². The molecule has 0 spiro atoms. The molecule has 0 aromatic heterocycles. The smallest absolute Gasteiger partial charge is 0.0594 e. The monoisotopic (exact) mass is 288 g/mol. The molecule has 1 N–H and O–H groups in total. The van der Waals surface area contributed by atoms with Gasteiger partial charge in [0.25, 0.3) is 0 Å². The van der Waals surface area contributed by atoms with E-state index in [4.69, 9.17) is 0 Å². The maximum Gasteiger partial charge on any atom is 0.0594 e. The number of fused-ring (bicyclic) bond motifs is 3. The molecule has 3 aliphatic carbocycles. The van der Waals surface area contributed by atoms with Crippen LogP contribution >= 0.6 is 0 Å². The Morgan fingerprint density at radius 3 is 2.52 bits per heavy atom. The summed E-state index contributed by atoms with van der Waals surface area (Å²) in [4.78, 5) is 0. The molecule has 0 saturated heterocycles. The Kier molecular flexibility index (Phi) is 3.44. The van der Waals surface area contributed by atoms with E-state index in [9.17, 15) is 5.11 Å². The third kappa shape index (κ3) is 2.15. The van der Waals surface area contributed by atoms with Gasteiger partial charge in [0.05, 0.1) is 6.10 Å². The Morgan fingerprint density at radius 1 is 1.14 bits per heavy atom. The van der Waals surface area contributed by atoms with Gasteiger partial charge in [-0.1, -0.05) is 45.4 Å². The lowest BCUT2D eigenvalue weighted by Gasteiger charge is -2.60. The van der Waals surface area contributed by atoms with Crippen LogP contribution in [0.1, 0.15) is 66.2 Å². The van der Waals surface area contributed by atoms with E-state index in [-0.39, 0.29) is 16.9 Å². The molecule has 5 atom stereocenters. The first-order valence-corrected chi connectivity index (χ1v) is 8.76. The fourth-order valence-corrected chi connectivity index (χ4v) is 5.90. The molecule has 0 aromatic rings. The van der Waals surface area contributed by atoms with E-state index in [0.717, 1.165) is 12.3 Å². The number of allylic oxidation sites excluding steroid dienone is 3. The molecular weight excluding hydrogens is 256 g/mol. The van der Waals surface area contributed by atoms with Crippen molar-refractivity contribution in [2.45, 2.75) is 72.3 Å². The molecule has 0 radical (unpaired) electrons. The molecule has 0 bridgehead atoms. The zero-order valence-corrected chi connectivity index (χ0v) is 14.3. The van der Waals surface area contributed by atoms with Crippen molar-refractivity contribution in [2.75, 3.05) is 0 Å². The highest BCUT2D eigenvalue weighted by molar-refractivity contribution is 5.26. The Hall–Kier alpha value is -0.560. The first-order chi connectivity index (χ1) is 9.73. The minimum atomic E-state index is -0.122. The van der Waals surface area contributed by atoms with E-state index >= 15 is 0 Å². The number of hydrogen-bond donors (Lipinski definition) is 1. The van der Waals surface area contributed by atoms with Crippen LogP contribution in [0.25, 0.3) is 0 Å². The van der Waals surface area contributed by atoms with Crippen molar-refractivity contribution >= 4 is 0 Å². The Labute approximate surface area is 130 Å². The zero-order chi connectivity index (χ0) is 15.5. The summed E-state index contributed by atoms with van der Waals surface area (Å²) in [7, 11) is 0. The van der Waals surface area contributed by atoms with Gasteiger partial charge in [0.2, 0.25) is 0 Å². The number of aliphatic hydroxyl groups is 1. The highest BCUT2D eigenvalue weighted by Crippen LogP contribution is 2.63. The normalized spacial score (nSPS) is 48.8. The van der Waals surface area contributed by atoms with Crippen molar-refractivity contribution in [1.82, 2.24) is 0 Å². The van der Waals surface area contributed by atoms with Crippen LogP contribution in [0.5, 0.6) is 0 Å². The summed E-state index contributed by atoms with van der Waals surface area (Å²) in [5, 5.41) is 10.5. The summed E-state index contributed by atoms with van der Waals surface area (Å²) < 4.78 is 0. The zero-order valence-electron chi connectivity index (χ0n) is 14.3. The third-order valence-electron chi connectivity index (χ3n) is 7.43. The molecular formula is C20H32O. The first kappa shape index (κ1) is 15.3. The molecule has 21 heavy (non-hydrogen) atoms. The lowest BCUT2D eigenvalue weighted by atomic mass is 9.45. The summed E-state index contributed by atoms with van der Waals surface area (Å²) in [5.41, 5.74) is 2.35. The molecule has 0 aromatic carbocycles. The average Bonchev–Trinajstić information content (AvgIpc) is 2.43. The van der Waals surface area contributed by atoms with Gasteiger partial charge in [-0.3, -0.25) is 0 Å². The fraction of sp³-hybridized carbons (Fsp3) is 0.800. The van der Waals surface area contributed by atoms with E-state index in [1.54, 1.807) is 5.57 Å². The largest absolute Gasteiger partial charge is 0.393 e. The van der Waals surface area contributed by atoms with Gasteiger partial charge in [-0.25, -0.2) is 0 Å². The fourth-order valence-electron chi connectivity index (χ4n) is 5.90. The van der Waals surface area contributed by atoms with Crippen molar-refractivity contribution in [2.24, 2.45) is 28.1 Å². The van der Waals surface area contributed by atoms with Crippen molar-refractivity contribution < 1.29 is 5.11 Å². The predicted octanol–water partition coefficient (Wildman–Crippen LogP) is 5.11. The topological polar surface area (TPSA) is 20.2 Å². The SMILES string of the molecule is C=C[C@]1(C)C=C2CC[C@@H]3C(C)(C)[C@H](O)CC[C@@]3(C)[C@@H]2CC1. The van der Waals surface area contributed by atoms with Gasteiger partial charge in [0, 0.05) is 5.41 Å². The third-order valence-corrected chi connectivity index (χ3v) is 7.43. The van der Waals surface area contributed by atoms with Crippen LogP contribution in [0.15, 0.2) is 24.3 Å². The van der Waals surface area contributed by atoms with E-state index < -0.39 is 0 Å². The van der Waals surface area contributed by atoms with Crippen LogP contribution in [-0.4, -0.2) is 11.2 Å². The van der Waals surface area contributed by atoms with Gasteiger partial charge >= 0.3 is 0 Å². The second-order valence-electron chi connectivity index (χ2n) is 8.99. The molecule has 0 unspecified atom stereocenters. The van der Waals surface area contributed by atoms with Crippen LogP contribution < -0.4 is 0 Å². The van der Waals surface area contributed by atoms with Gasteiger partial charge in [-0.2, -0.15) is 0 Å². The minimum absolute atomic E-state index is 0.0672. The Balaban J connectivity index is 1.97. The molecule has 3 aliphatic rings. The maximum atomic E-state index is 10.5.